The average molecular weight is 1050 g/mol. The zero-order valence-corrected chi connectivity index (χ0v) is 44.4. The van der Waals surface area contributed by atoms with Crippen LogP contribution in [0.5, 0.6) is 0 Å². The fraction of sp³-hybridized carbons (Fsp3) is 0.558. The second-order valence-corrected chi connectivity index (χ2v) is 22.2. The van der Waals surface area contributed by atoms with Crippen LogP contribution in [-0.4, -0.2) is 185 Å². The zero-order chi connectivity index (χ0) is 53.4. The van der Waals surface area contributed by atoms with Gasteiger partial charge in [0.25, 0.3) is 11.8 Å². The van der Waals surface area contributed by atoms with Gasteiger partial charge in [0.15, 0.2) is 6.17 Å². The first-order chi connectivity index (χ1) is 35.0. The zero-order valence-electron chi connectivity index (χ0n) is 43.6. The summed E-state index contributed by atoms with van der Waals surface area (Å²) < 4.78 is 57.1. The summed E-state index contributed by atoms with van der Waals surface area (Å²) in [6.07, 6.45) is 1.07. The molecule has 4 aromatic rings. The average Bonchev–Trinajstić information content (AvgIpc) is 3.84. The van der Waals surface area contributed by atoms with E-state index in [2.05, 4.69) is 15.7 Å². The topological polar surface area (TPSA) is 178 Å². The number of thiazole rings is 1. The van der Waals surface area contributed by atoms with Gasteiger partial charge in [0, 0.05) is 98.4 Å². The van der Waals surface area contributed by atoms with Crippen LogP contribution >= 0.6 is 11.3 Å². The van der Waals surface area contributed by atoms with Gasteiger partial charge in [-0.05, 0) is 97.0 Å². The number of pyridine rings is 1. The van der Waals surface area contributed by atoms with E-state index in [1.807, 2.05) is 55.3 Å². The van der Waals surface area contributed by atoms with Crippen molar-refractivity contribution in [3.63, 3.8) is 0 Å². The number of nitrogens with one attached hydrogen (secondary N) is 2. The van der Waals surface area contributed by atoms with Gasteiger partial charge in [-0.15, -0.1) is 11.3 Å². The van der Waals surface area contributed by atoms with Gasteiger partial charge in [0.2, 0.25) is 5.91 Å². The predicted octanol–water partition coefficient (Wildman–Crippen LogP) is 5.48. The first-order valence-electron chi connectivity index (χ1n) is 25.0. The highest BCUT2D eigenvalue weighted by Gasteiger charge is 2.54. The number of nitrogens with zero attached hydrogens (tertiary/aromatic N) is 9. The third kappa shape index (κ3) is 11.8. The summed E-state index contributed by atoms with van der Waals surface area (Å²) in [5.41, 5.74) is 5.08. The Kier molecular flexibility index (Phi) is 15.9. The number of halogens is 3. The molecule has 1 spiro atoms. The van der Waals surface area contributed by atoms with Crippen molar-refractivity contribution < 1.29 is 46.6 Å². The minimum Gasteiger partial charge on any atom is -0.464 e. The van der Waals surface area contributed by atoms with Crippen LogP contribution < -0.4 is 10.7 Å². The van der Waals surface area contributed by atoms with Gasteiger partial charge in [-0.1, -0.05) is 26.0 Å². The highest BCUT2D eigenvalue weighted by Crippen LogP contribution is 2.45. The minimum atomic E-state index is -4.60. The Morgan fingerprint density at radius 2 is 1.84 bits per heavy atom. The number of carbonyl (C=O) groups excluding carboxylic acids is 5. The highest BCUT2D eigenvalue weighted by molar-refractivity contribution is 7.10. The van der Waals surface area contributed by atoms with Crippen molar-refractivity contribution >= 4 is 52.0 Å². The van der Waals surface area contributed by atoms with Gasteiger partial charge in [-0.2, -0.15) is 13.2 Å². The van der Waals surface area contributed by atoms with E-state index in [4.69, 9.17) is 14.5 Å². The molecule has 4 aliphatic rings. The Labute approximate surface area is 433 Å². The molecule has 8 rings (SSSR count). The number of cyclic esters (lactones) is 1. The second-order valence-electron chi connectivity index (χ2n) is 21.3. The number of piperazine rings is 1. The van der Waals surface area contributed by atoms with Gasteiger partial charge in [0.1, 0.15) is 18.6 Å². The first-order valence-corrected chi connectivity index (χ1v) is 25.9. The molecule has 2 saturated heterocycles. The van der Waals surface area contributed by atoms with Gasteiger partial charge >= 0.3 is 18.2 Å². The quantitative estimate of drug-likeness (QED) is 0.110. The van der Waals surface area contributed by atoms with E-state index in [-0.39, 0.29) is 38.4 Å². The fourth-order valence-electron chi connectivity index (χ4n) is 10.4. The summed E-state index contributed by atoms with van der Waals surface area (Å²) in [7, 11) is 10.2. The van der Waals surface area contributed by atoms with Crippen molar-refractivity contribution in [3.05, 3.63) is 70.3 Å². The number of esters is 1. The van der Waals surface area contributed by atoms with Crippen molar-refractivity contribution in [2.24, 2.45) is 5.41 Å². The van der Waals surface area contributed by atoms with Gasteiger partial charge < -0.3 is 39.0 Å². The molecule has 1 aliphatic carbocycles. The number of alkyl halides is 3. The third-order valence-corrected chi connectivity index (χ3v) is 15.2. The lowest BCUT2D eigenvalue weighted by Crippen LogP contribution is -2.65. The lowest BCUT2D eigenvalue weighted by Gasteiger charge is -2.44. The molecule has 400 valence electrons. The molecule has 1 aromatic carbocycles. The third-order valence-electron chi connectivity index (χ3n) is 14.3. The Balaban J connectivity index is 1.13. The number of amides is 5. The number of hydrogen-bond acceptors (Lipinski definition) is 13. The number of fused-ring (bicyclic) bond motifs is 6. The Hall–Kier alpha value is -5.94. The van der Waals surface area contributed by atoms with Crippen LogP contribution in [0.25, 0.3) is 33.4 Å². The maximum atomic E-state index is 14.7. The largest absolute Gasteiger partial charge is 0.464 e. The molecule has 18 nitrogen and oxygen atoms in total. The van der Waals surface area contributed by atoms with Crippen LogP contribution in [0.1, 0.15) is 68.8 Å². The van der Waals surface area contributed by atoms with E-state index in [0.29, 0.717) is 82.2 Å². The van der Waals surface area contributed by atoms with Crippen molar-refractivity contribution in [2.75, 3.05) is 81.7 Å². The number of ether oxygens (including phenoxy) is 2. The molecular weight excluding hydrogens is 980 g/mol. The number of aromatic nitrogens is 3. The summed E-state index contributed by atoms with van der Waals surface area (Å²) in [5, 5.41) is 7.10. The van der Waals surface area contributed by atoms with Crippen molar-refractivity contribution in [3.8, 4) is 22.5 Å². The molecule has 1 saturated carbocycles. The minimum absolute atomic E-state index is 0.0723. The second kappa shape index (κ2) is 21.7. The van der Waals surface area contributed by atoms with Crippen LogP contribution in [0.3, 0.4) is 0 Å². The summed E-state index contributed by atoms with van der Waals surface area (Å²) in [5.74, 6) is -1.87. The lowest BCUT2D eigenvalue weighted by atomic mass is 9.84. The Morgan fingerprint density at radius 1 is 1.08 bits per heavy atom. The monoisotopic (exact) mass is 1050 g/mol. The molecule has 3 fully saturated rings. The number of hydrazine groups is 1. The SMILES string of the molecule is CO[C@@H](C)c1ncccc1-c1c2c3cc(ccc3n1CC(F)(F)F)-c1csc(n1)C[C@H](NC(=O)[C@H](N(C)C)N(C)C(=O)N1CCN(C(=O)/C=C/CN(C)C)C3(CC3)C1)C(=O)N1CCC[C@H](N1)C(=O)OCC(C)(C)C2. The van der Waals surface area contributed by atoms with E-state index < -0.39 is 71.8 Å². The summed E-state index contributed by atoms with van der Waals surface area (Å²) in [6.45, 7) is 5.92. The predicted molar refractivity (Wildman–Crippen MR) is 273 cm³/mol. The summed E-state index contributed by atoms with van der Waals surface area (Å²) in [6, 6.07) is 6.07. The Morgan fingerprint density at radius 3 is 2.53 bits per heavy atom. The summed E-state index contributed by atoms with van der Waals surface area (Å²) in [4.78, 5) is 88.8. The van der Waals surface area contributed by atoms with E-state index >= 15 is 0 Å². The maximum Gasteiger partial charge on any atom is 0.406 e. The molecule has 5 amide bonds. The van der Waals surface area contributed by atoms with Crippen molar-refractivity contribution in [2.45, 2.75) is 102 Å². The van der Waals surface area contributed by atoms with Crippen LogP contribution in [0.2, 0.25) is 0 Å². The number of benzene rings is 1. The fourth-order valence-corrected chi connectivity index (χ4v) is 11.3. The Bertz CT molecular complexity index is 2790. The van der Waals surface area contributed by atoms with E-state index in [0.717, 1.165) is 12.8 Å². The normalized spacial score (nSPS) is 21.0. The smallest absolute Gasteiger partial charge is 0.406 e. The van der Waals surface area contributed by atoms with E-state index in [9.17, 15) is 37.1 Å². The molecule has 3 aliphatic heterocycles. The highest BCUT2D eigenvalue weighted by atomic mass is 32.1. The number of urea groups is 1. The molecule has 6 heterocycles. The van der Waals surface area contributed by atoms with Crippen LogP contribution in [0.4, 0.5) is 18.0 Å². The molecule has 22 heteroatoms. The summed E-state index contributed by atoms with van der Waals surface area (Å²) >= 11 is 1.26. The van der Waals surface area contributed by atoms with Crippen LogP contribution in [0.15, 0.2) is 54.1 Å². The van der Waals surface area contributed by atoms with Gasteiger partial charge in [-0.25, -0.2) is 15.2 Å². The van der Waals surface area contributed by atoms with Crippen molar-refractivity contribution in [1.29, 1.82) is 0 Å². The molecular formula is C52H68F3N11O7S. The van der Waals surface area contributed by atoms with Crippen LogP contribution in [0, 0.1) is 5.41 Å². The van der Waals surface area contributed by atoms with Gasteiger partial charge in [-0.3, -0.25) is 34.1 Å². The van der Waals surface area contributed by atoms with E-state index in [1.165, 1.54) is 40.0 Å². The van der Waals surface area contributed by atoms with Crippen molar-refractivity contribution in [1.82, 2.24) is 54.8 Å². The number of likely N-dealkylation sites (N-methyl/N-ethyl adjacent to an activating group) is 3. The number of rotatable bonds is 11. The molecule has 0 unspecified atom stereocenters. The number of carbonyl (C=O) groups is 5. The molecule has 74 heavy (non-hydrogen) atoms. The van der Waals surface area contributed by atoms with Crippen LogP contribution in [-0.2, 0) is 48.0 Å². The first kappa shape index (κ1) is 54.3. The van der Waals surface area contributed by atoms with E-state index in [1.54, 1.807) is 67.4 Å². The van der Waals surface area contributed by atoms with Gasteiger partial charge in [0.05, 0.1) is 40.3 Å². The molecule has 4 atom stereocenters. The standard InChI is InChI=1S/C52H68F3N11O7S/c1-32(72-9)43-34(13-10-20-56-43)44-36-27-50(2,3)31-73-48(70)37-14-11-22-66(59-37)47(69)38(26-41-57-39(28-74-41)33-16-17-40(35(36)25-33)64(44)30-52(53,54)55)58-45(68)46(61(6)7)62(8)49(71)63-23-24-65(51(29-63)18-19-51)42(67)15-12-21-60(4)5/h10,12-13,15-17,20,25,28,32,37-38,46,59H,11,14,18-19,21-24,26-27,29-31H2,1-9H3,(H,58,68)/b15-12+/t32-,37-,38-,46+/m0/s1. The lowest BCUT2D eigenvalue weighted by molar-refractivity contribution is -0.155. The molecule has 0 radical (unpaired) electrons. The molecule has 6 bridgehead atoms. The molecule has 2 N–H and O–H groups in total. The number of hydrogen-bond donors (Lipinski definition) is 2. The number of methoxy groups -OCH3 is 1. The molecule has 3 aromatic heterocycles. The maximum absolute atomic E-state index is 14.7.